The van der Waals surface area contributed by atoms with Crippen molar-refractivity contribution in [2.75, 3.05) is 0 Å². The molecule has 17 heavy (non-hydrogen) atoms. The van der Waals surface area contributed by atoms with E-state index in [0.29, 0.717) is 10.8 Å². The summed E-state index contributed by atoms with van der Waals surface area (Å²) in [5.74, 6) is 0.587. The highest BCUT2D eigenvalue weighted by molar-refractivity contribution is 9.10. The first-order valence-electron chi connectivity index (χ1n) is 4.37. The highest BCUT2D eigenvalue weighted by Gasteiger charge is 2.10. The van der Waals surface area contributed by atoms with Crippen molar-refractivity contribution in [3.63, 3.8) is 0 Å². The Kier molecular flexibility index (Phi) is 4.09. The molecule has 2 aromatic rings. The van der Waals surface area contributed by atoms with E-state index in [1.807, 2.05) is 0 Å². The van der Waals surface area contributed by atoms with Crippen LogP contribution in [0.2, 0.25) is 15.3 Å². The lowest BCUT2D eigenvalue weighted by atomic mass is 10.3. The molecule has 2 rings (SSSR count). The second kappa shape index (κ2) is 5.40. The van der Waals surface area contributed by atoms with Gasteiger partial charge in [0.25, 0.3) is 0 Å². The second-order valence-electron chi connectivity index (χ2n) is 2.97. The van der Waals surface area contributed by atoms with E-state index in [0.717, 1.165) is 4.47 Å². The standard InChI is InChI=1S/C10H4BrCl3N2O/c11-5-1-2-6(12)8(3-5)17-9-7(13)4-15-10(14)16-9/h1-4H. The lowest BCUT2D eigenvalue weighted by Gasteiger charge is -2.08. The Hall–Kier alpha value is -0.550. The third-order valence-electron chi connectivity index (χ3n) is 1.78. The number of hydrogen-bond acceptors (Lipinski definition) is 3. The van der Waals surface area contributed by atoms with Gasteiger partial charge in [0.2, 0.25) is 11.2 Å². The summed E-state index contributed by atoms with van der Waals surface area (Å²) >= 11 is 20.8. The van der Waals surface area contributed by atoms with Crippen LogP contribution in [0.5, 0.6) is 11.6 Å². The molecule has 0 aliphatic heterocycles. The maximum Gasteiger partial charge on any atom is 0.242 e. The Bertz CT molecular complexity index is 516. The van der Waals surface area contributed by atoms with Crippen LogP contribution in [0, 0.1) is 0 Å². The monoisotopic (exact) mass is 352 g/mol. The quantitative estimate of drug-likeness (QED) is 0.713. The third kappa shape index (κ3) is 3.22. The SMILES string of the molecule is Clc1ncc(Cl)c(Oc2cc(Br)ccc2Cl)n1. The molecule has 0 fully saturated rings. The van der Waals surface area contributed by atoms with Gasteiger partial charge < -0.3 is 4.74 Å². The van der Waals surface area contributed by atoms with Gasteiger partial charge in [0.1, 0.15) is 10.8 Å². The van der Waals surface area contributed by atoms with Crippen LogP contribution in [0.15, 0.2) is 28.9 Å². The van der Waals surface area contributed by atoms with Gasteiger partial charge in [0, 0.05) is 4.47 Å². The van der Waals surface area contributed by atoms with E-state index in [1.54, 1.807) is 18.2 Å². The van der Waals surface area contributed by atoms with Crippen LogP contribution in [-0.4, -0.2) is 9.97 Å². The molecule has 0 unspecified atom stereocenters. The number of aromatic nitrogens is 2. The number of ether oxygens (including phenoxy) is 1. The third-order valence-corrected chi connectivity index (χ3v) is 3.03. The topological polar surface area (TPSA) is 35.0 Å². The van der Waals surface area contributed by atoms with Crippen LogP contribution in [0.4, 0.5) is 0 Å². The van der Waals surface area contributed by atoms with Crippen molar-refractivity contribution >= 4 is 50.7 Å². The molecule has 0 atom stereocenters. The van der Waals surface area contributed by atoms with Crippen molar-refractivity contribution < 1.29 is 4.74 Å². The number of rotatable bonds is 2. The van der Waals surface area contributed by atoms with E-state index in [9.17, 15) is 0 Å². The average Bonchev–Trinajstić information content (AvgIpc) is 2.28. The summed E-state index contributed by atoms with van der Waals surface area (Å²) in [6.45, 7) is 0. The normalized spacial score (nSPS) is 10.4. The Morgan fingerprint density at radius 2 is 1.88 bits per heavy atom. The Labute approximate surface area is 121 Å². The molecule has 1 heterocycles. The summed E-state index contributed by atoms with van der Waals surface area (Å²) in [5, 5.41) is 0.750. The van der Waals surface area contributed by atoms with Gasteiger partial charge in [0.05, 0.1) is 11.2 Å². The summed E-state index contributed by atoms with van der Waals surface area (Å²) < 4.78 is 6.30. The Morgan fingerprint density at radius 3 is 2.65 bits per heavy atom. The van der Waals surface area contributed by atoms with Crippen LogP contribution in [0.1, 0.15) is 0 Å². The molecule has 0 aliphatic rings. The van der Waals surface area contributed by atoms with Gasteiger partial charge in [-0.05, 0) is 29.8 Å². The molecule has 0 N–H and O–H groups in total. The maximum absolute atomic E-state index is 5.97. The van der Waals surface area contributed by atoms with Crippen LogP contribution < -0.4 is 4.74 Å². The maximum atomic E-state index is 5.97. The lowest BCUT2D eigenvalue weighted by molar-refractivity contribution is 0.462. The zero-order chi connectivity index (χ0) is 12.4. The molecule has 0 aliphatic carbocycles. The van der Waals surface area contributed by atoms with Crippen molar-refractivity contribution in [3.05, 3.63) is 44.2 Å². The molecule has 0 amide bonds. The van der Waals surface area contributed by atoms with Crippen molar-refractivity contribution in [3.8, 4) is 11.6 Å². The van der Waals surface area contributed by atoms with E-state index in [-0.39, 0.29) is 16.2 Å². The largest absolute Gasteiger partial charge is 0.436 e. The highest BCUT2D eigenvalue weighted by atomic mass is 79.9. The average molecular weight is 354 g/mol. The van der Waals surface area contributed by atoms with E-state index in [2.05, 4.69) is 25.9 Å². The summed E-state index contributed by atoms with van der Waals surface area (Å²) in [5.41, 5.74) is 0. The van der Waals surface area contributed by atoms with Crippen LogP contribution in [0.25, 0.3) is 0 Å². The van der Waals surface area contributed by atoms with Gasteiger partial charge in [0.15, 0.2) is 0 Å². The van der Waals surface area contributed by atoms with Crippen molar-refractivity contribution in [2.24, 2.45) is 0 Å². The first kappa shape index (κ1) is 12.9. The molecule has 3 nitrogen and oxygen atoms in total. The first-order valence-corrected chi connectivity index (χ1v) is 6.30. The second-order valence-corrected chi connectivity index (χ2v) is 5.04. The predicted molar refractivity (Wildman–Crippen MR) is 71.3 cm³/mol. The van der Waals surface area contributed by atoms with Gasteiger partial charge in [-0.1, -0.05) is 39.1 Å². The van der Waals surface area contributed by atoms with Gasteiger partial charge in [-0.15, -0.1) is 0 Å². The number of benzene rings is 1. The first-order chi connectivity index (χ1) is 8.06. The molecular weight excluding hydrogens is 350 g/mol. The van der Waals surface area contributed by atoms with Crippen LogP contribution >= 0.6 is 50.7 Å². The minimum absolute atomic E-state index is 0.0514. The van der Waals surface area contributed by atoms with Crippen molar-refractivity contribution in [1.29, 1.82) is 0 Å². The van der Waals surface area contributed by atoms with E-state index >= 15 is 0 Å². The Balaban J connectivity index is 2.37. The van der Waals surface area contributed by atoms with Crippen LogP contribution in [-0.2, 0) is 0 Å². The van der Waals surface area contributed by atoms with Crippen molar-refractivity contribution in [1.82, 2.24) is 9.97 Å². The van der Waals surface area contributed by atoms with E-state index < -0.39 is 0 Å². The lowest BCUT2D eigenvalue weighted by Crippen LogP contribution is -1.92. The molecule has 7 heteroatoms. The fourth-order valence-electron chi connectivity index (χ4n) is 1.06. The highest BCUT2D eigenvalue weighted by Crippen LogP contribution is 2.34. The zero-order valence-electron chi connectivity index (χ0n) is 8.12. The van der Waals surface area contributed by atoms with Crippen LogP contribution in [0.3, 0.4) is 0 Å². The number of nitrogens with zero attached hydrogens (tertiary/aromatic N) is 2. The minimum Gasteiger partial charge on any atom is -0.436 e. The van der Waals surface area contributed by atoms with Gasteiger partial charge >= 0.3 is 0 Å². The van der Waals surface area contributed by atoms with E-state index in [4.69, 9.17) is 39.5 Å². The summed E-state index contributed by atoms with van der Waals surface area (Å²) in [4.78, 5) is 7.59. The summed E-state index contributed by atoms with van der Waals surface area (Å²) in [6.07, 6.45) is 1.36. The fraction of sp³-hybridized carbons (Fsp3) is 0. The number of halogens is 4. The van der Waals surface area contributed by atoms with Gasteiger partial charge in [-0.3, -0.25) is 0 Å². The van der Waals surface area contributed by atoms with Crippen molar-refractivity contribution in [2.45, 2.75) is 0 Å². The zero-order valence-corrected chi connectivity index (χ0v) is 12.0. The Morgan fingerprint density at radius 1 is 1.12 bits per heavy atom. The molecule has 0 spiro atoms. The van der Waals surface area contributed by atoms with Gasteiger partial charge in [-0.2, -0.15) is 4.98 Å². The molecular formula is C10H4BrCl3N2O. The molecule has 1 aromatic heterocycles. The smallest absolute Gasteiger partial charge is 0.242 e. The summed E-state index contributed by atoms with van der Waals surface area (Å²) in [7, 11) is 0. The minimum atomic E-state index is 0.0514. The molecule has 0 saturated carbocycles. The molecule has 1 aromatic carbocycles. The number of hydrogen-bond donors (Lipinski definition) is 0. The molecule has 0 bridgehead atoms. The molecule has 0 saturated heterocycles. The fourth-order valence-corrected chi connectivity index (χ4v) is 1.81. The summed E-state index contributed by atoms with van der Waals surface area (Å²) in [6, 6.07) is 5.19. The molecule has 88 valence electrons. The molecule has 0 radical (unpaired) electrons. The van der Waals surface area contributed by atoms with E-state index in [1.165, 1.54) is 6.20 Å². The predicted octanol–water partition coefficient (Wildman–Crippen LogP) is 4.99. The van der Waals surface area contributed by atoms with Gasteiger partial charge in [-0.25, -0.2) is 4.98 Å².